The van der Waals surface area contributed by atoms with Crippen molar-refractivity contribution >= 4 is 12.0 Å². The lowest BCUT2D eigenvalue weighted by molar-refractivity contribution is 0.219. The number of anilines is 1. The van der Waals surface area contributed by atoms with Gasteiger partial charge >= 0.3 is 0 Å². The monoisotopic (exact) mass is 218 g/mol. The van der Waals surface area contributed by atoms with E-state index >= 15 is 0 Å². The van der Waals surface area contributed by atoms with Gasteiger partial charge in [0.1, 0.15) is 0 Å². The van der Waals surface area contributed by atoms with Gasteiger partial charge in [-0.2, -0.15) is 0 Å². The summed E-state index contributed by atoms with van der Waals surface area (Å²) in [5, 5.41) is 9.46. The van der Waals surface area contributed by atoms with E-state index in [1.165, 1.54) is 5.56 Å². The van der Waals surface area contributed by atoms with Gasteiger partial charge in [-0.3, -0.25) is 4.99 Å². The summed E-state index contributed by atoms with van der Waals surface area (Å²) in [5.74, 6) is 0. The molecule has 3 heteroatoms. The summed E-state index contributed by atoms with van der Waals surface area (Å²) in [6, 6.07) is 8.21. The Morgan fingerprint density at radius 3 is 2.75 bits per heavy atom. The van der Waals surface area contributed by atoms with Crippen LogP contribution < -0.4 is 4.90 Å². The fraction of sp³-hybridized carbons (Fsp3) is 0.462. The number of nitrogens with zero attached hydrogens (tertiary/aromatic N) is 2. The van der Waals surface area contributed by atoms with Crippen LogP contribution in [0.5, 0.6) is 0 Å². The Morgan fingerprint density at radius 1 is 1.38 bits per heavy atom. The van der Waals surface area contributed by atoms with Crippen molar-refractivity contribution in [2.75, 3.05) is 24.6 Å². The normalized spacial score (nSPS) is 15.8. The molecule has 1 aliphatic heterocycles. The number of aliphatic hydroxyl groups excluding tert-OH is 1. The second-order valence-corrected chi connectivity index (χ2v) is 4.77. The molecule has 1 aromatic carbocycles. The van der Waals surface area contributed by atoms with E-state index in [-0.39, 0.29) is 12.0 Å². The van der Waals surface area contributed by atoms with Gasteiger partial charge in [-0.25, -0.2) is 0 Å². The van der Waals surface area contributed by atoms with E-state index < -0.39 is 0 Å². The first kappa shape index (κ1) is 11.1. The first-order chi connectivity index (χ1) is 7.65. The lowest BCUT2D eigenvalue weighted by atomic mass is 9.84. The highest BCUT2D eigenvalue weighted by Crippen LogP contribution is 2.31. The molecule has 0 aromatic heterocycles. The third kappa shape index (κ3) is 1.95. The predicted octanol–water partition coefficient (Wildman–Crippen LogP) is 1.80. The minimum absolute atomic E-state index is 0.148. The van der Waals surface area contributed by atoms with Crippen LogP contribution >= 0.6 is 0 Å². The molecule has 0 atom stereocenters. The van der Waals surface area contributed by atoms with Crippen molar-refractivity contribution in [1.29, 1.82) is 0 Å². The Hall–Kier alpha value is -1.35. The molecule has 0 amide bonds. The highest BCUT2D eigenvalue weighted by molar-refractivity contribution is 5.82. The summed E-state index contributed by atoms with van der Waals surface area (Å²) in [4.78, 5) is 6.37. The van der Waals surface area contributed by atoms with Gasteiger partial charge in [0, 0.05) is 17.6 Å². The fourth-order valence-corrected chi connectivity index (χ4v) is 1.94. The van der Waals surface area contributed by atoms with Gasteiger partial charge in [0.25, 0.3) is 0 Å². The Morgan fingerprint density at radius 2 is 2.12 bits per heavy atom. The van der Waals surface area contributed by atoms with Gasteiger partial charge in [0.05, 0.1) is 19.5 Å². The van der Waals surface area contributed by atoms with Crippen LogP contribution in [-0.2, 0) is 5.41 Å². The first-order valence-corrected chi connectivity index (χ1v) is 5.62. The number of hydrogen-bond donors (Lipinski definition) is 1. The van der Waals surface area contributed by atoms with E-state index in [0.29, 0.717) is 0 Å². The van der Waals surface area contributed by atoms with Crippen molar-refractivity contribution in [2.45, 2.75) is 19.3 Å². The maximum Gasteiger partial charge on any atom is 0.0895 e. The standard InChI is InChI=1S/C13H18N2O/c1-13(2,9-16)11-5-3-4-6-12(11)15-8-7-14-10-15/h3-6,10,16H,7-9H2,1-2H3. The van der Waals surface area contributed by atoms with E-state index in [0.717, 1.165) is 18.8 Å². The molecular formula is C13H18N2O. The van der Waals surface area contributed by atoms with E-state index in [1.54, 1.807) is 0 Å². The van der Waals surface area contributed by atoms with Crippen molar-refractivity contribution in [3.63, 3.8) is 0 Å². The van der Waals surface area contributed by atoms with Crippen LogP contribution in [0.1, 0.15) is 19.4 Å². The number of para-hydroxylation sites is 1. The van der Waals surface area contributed by atoms with Gasteiger partial charge < -0.3 is 10.0 Å². The molecule has 3 nitrogen and oxygen atoms in total. The second kappa shape index (κ2) is 4.26. The molecule has 0 saturated heterocycles. The lowest BCUT2D eigenvalue weighted by Crippen LogP contribution is -2.27. The maximum absolute atomic E-state index is 9.46. The van der Waals surface area contributed by atoms with Crippen LogP contribution in [0, 0.1) is 0 Å². The Bertz CT molecular complexity index is 399. The molecule has 0 aliphatic carbocycles. The molecule has 0 bridgehead atoms. The molecular weight excluding hydrogens is 200 g/mol. The summed E-state index contributed by atoms with van der Waals surface area (Å²) < 4.78 is 0. The van der Waals surface area contributed by atoms with E-state index in [4.69, 9.17) is 0 Å². The van der Waals surface area contributed by atoms with Crippen LogP contribution in [0.25, 0.3) is 0 Å². The van der Waals surface area contributed by atoms with E-state index in [9.17, 15) is 5.11 Å². The number of benzene rings is 1. The Labute approximate surface area is 96.4 Å². The van der Waals surface area contributed by atoms with Crippen molar-refractivity contribution in [3.8, 4) is 0 Å². The molecule has 1 heterocycles. The molecule has 0 spiro atoms. The number of hydrogen-bond acceptors (Lipinski definition) is 3. The van der Waals surface area contributed by atoms with E-state index in [2.05, 4.69) is 35.9 Å². The molecule has 1 aliphatic rings. The van der Waals surface area contributed by atoms with E-state index in [1.807, 2.05) is 18.5 Å². The minimum atomic E-state index is -0.215. The average Bonchev–Trinajstić information content (AvgIpc) is 2.82. The Kier molecular flexibility index (Phi) is 2.97. The molecule has 0 saturated carbocycles. The third-order valence-electron chi connectivity index (χ3n) is 3.03. The zero-order valence-electron chi connectivity index (χ0n) is 9.85. The molecule has 1 aromatic rings. The zero-order chi connectivity index (χ0) is 11.6. The lowest BCUT2D eigenvalue weighted by Gasteiger charge is -2.28. The molecule has 0 fully saturated rings. The maximum atomic E-state index is 9.46. The van der Waals surface area contributed by atoms with Gasteiger partial charge in [-0.1, -0.05) is 32.0 Å². The third-order valence-corrected chi connectivity index (χ3v) is 3.03. The van der Waals surface area contributed by atoms with Gasteiger partial charge in [0.2, 0.25) is 0 Å². The molecule has 0 unspecified atom stereocenters. The first-order valence-electron chi connectivity index (χ1n) is 5.62. The number of aliphatic imine (C=N–C) groups is 1. The van der Waals surface area contributed by atoms with Crippen molar-refractivity contribution in [2.24, 2.45) is 4.99 Å². The van der Waals surface area contributed by atoms with Crippen LogP contribution in [0.15, 0.2) is 29.3 Å². The Balaban J connectivity index is 2.41. The van der Waals surface area contributed by atoms with Crippen LogP contribution in [-0.4, -0.2) is 31.1 Å². The average molecular weight is 218 g/mol. The molecule has 0 radical (unpaired) electrons. The summed E-state index contributed by atoms with van der Waals surface area (Å²) in [5.41, 5.74) is 2.11. The summed E-state index contributed by atoms with van der Waals surface area (Å²) >= 11 is 0. The molecule has 1 N–H and O–H groups in total. The number of aliphatic hydroxyl groups is 1. The largest absolute Gasteiger partial charge is 0.395 e. The fourth-order valence-electron chi connectivity index (χ4n) is 1.94. The van der Waals surface area contributed by atoms with Crippen LogP contribution in [0.2, 0.25) is 0 Å². The summed E-state index contributed by atoms with van der Waals surface area (Å²) in [7, 11) is 0. The quantitative estimate of drug-likeness (QED) is 0.839. The highest BCUT2D eigenvalue weighted by Gasteiger charge is 2.24. The predicted molar refractivity (Wildman–Crippen MR) is 67.3 cm³/mol. The second-order valence-electron chi connectivity index (χ2n) is 4.77. The molecule has 16 heavy (non-hydrogen) atoms. The zero-order valence-corrected chi connectivity index (χ0v) is 9.85. The molecule has 2 rings (SSSR count). The van der Waals surface area contributed by atoms with Gasteiger partial charge in [0.15, 0.2) is 0 Å². The van der Waals surface area contributed by atoms with Crippen molar-refractivity contribution < 1.29 is 5.11 Å². The highest BCUT2D eigenvalue weighted by atomic mass is 16.3. The smallest absolute Gasteiger partial charge is 0.0895 e. The summed E-state index contributed by atoms with van der Waals surface area (Å²) in [6.45, 7) is 6.04. The molecule has 86 valence electrons. The van der Waals surface area contributed by atoms with Crippen LogP contribution in [0.4, 0.5) is 5.69 Å². The SMILES string of the molecule is CC(C)(CO)c1ccccc1N1C=NCC1. The van der Waals surface area contributed by atoms with Crippen molar-refractivity contribution in [3.05, 3.63) is 29.8 Å². The van der Waals surface area contributed by atoms with Gasteiger partial charge in [-0.15, -0.1) is 0 Å². The topological polar surface area (TPSA) is 35.8 Å². The van der Waals surface area contributed by atoms with Crippen LogP contribution in [0.3, 0.4) is 0 Å². The van der Waals surface area contributed by atoms with Gasteiger partial charge in [-0.05, 0) is 11.6 Å². The van der Waals surface area contributed by atoms with Crippen molar-refractivity contribution in [1.82, 2.24) is 0 Å². The minimum Gasteiger partial charge on any atom is -0.395 e. The number of rotatable bonds is 3. The summed E-state index contributed by atoms with van der Waals surface area (Å²) in [6.07, 6.45) is 1.88.